The molecule has 6 heteroatoms. The molecule has 0 saturated heterocycles. The maximum absolute atomic E-state index is 12.1. The molecular weight excluding hydrogens is 290 g/mol. The fourth-order valence-corrected chi connectivity index (χ4v) is 3.45. The minimum atomic E-state index is -3.44. The lowest BCUT2D eigenvalue weighted by atomic mass is 9.97. The molecule has 1 unspecified atom stereocenters. The first kappa shape index (κ1) is 17.7. The van der Waals surface area contributed by atoms with E-state index in [1.54, 1.807) is 0 Å². The summed E-state index contributed by atoms with van der Waals surface area (Å²) in [4.78, 5) is 11.0. The number of esters is 1. The third-order valence-corrected chi connectivity index (χ3v) is 4.59. The Labute approximate surface area is 126 Å². The van der Waals surface area contributed by atoms with Crippen LogP contribution in [0.4, 0.5) is 0 Å². The summed E-state index contributed by atoms with van der Waals surface area (Å²) in [5, 5.41) is 0. The molecule has 0 heterocycles. The minimum absolute atomic E-state index is 0.0852. The van der Waals surface area contributed by atoms with Gasteiger partial charge in [-0.3, -0.25) is 4.79 Å². The molecule has 0 saturated carbocycles. The van der Waals surface area contributed by atoms with Crippen LogP contribution in [-0.4, -0.2) is 27.2 Å². The molecular formula is C15H23NO4S. The molecule has 0 aromatic heterocycles. The zero-order valence-electron chi connectivity index (χ0n) is 12.7. The predicted octanol–water partition coefficient (Wildman–Crippen LogP) is 2.26. The SMILES string of the molecule is COC(=O)CCCS(=O)(=O)NC(c1ccccc1)C(C)C. The van der Waals surface area contributed by atoms with Gasteiger partial charge in [-0.2, -0.15) is 0 Å². The van der Waals surface area contributed by atoms with Crippen LogP contribution in [0.2, 0.25) is 0 Å². The van der Waals surface area contributed by atoms with Crippen molar-refractivity contribution in [3.63, 3.8) is 0 Å². The van der Waals surface area contributed by atoms with Gasteiger partial charge in [-0.15, -0.1) is 0 Å². The zero-order valence-corrected chi connectivity index (χ0v) is 13.5. The van der Waals surface area contributed by atoms with E-state index in [1.165, 1.54) is 7.11 Å². The highest BCUT2D eigenvalue weighted by Crippen LogP contribution is 2.22. The number of nitrogens with one attached hydrogen (secondary N) is 1. The predicted molar refractivity (Wildman–Crippen MR) is 82.2 cm³/mol. The van der Waals surface area contributed by atoms with Crippen LogP contribution < -0.4 is 4.72 Å². The molecule has 1 aromatic rings. The first-order chi connectivity index (χ1) is 9.85. The van der Waals surface area contributed by atoms with Crippen molar-refractivity contribution in [2.75, 3.05) is 12.9 Å². The molecule has 0 bridgehead atoms. The molecule has 21 heavy (non-hydrogen) atoms. The Morgan fingerprint density at radius 2 is 1.86 bits per heavy atom. The number of sulfonamides is 1. The van der Waals surface area contributed by atoms with Gasteiger partial charge < -0.3 is 4.74 Å². The summed E-state index contributed by atoms with van der Waals surface area (Å²) in [5.74, 6) is -0.352. The zero-order chi connectivity index (χ0) is 15.9. The number of carbonyl (C=O) groups is 1. The fourth-order valence-electron chi connectivity index (χ4n) is 2.01. The van der Waals surface area contributed by atoms with E-state index in [4.69, 9.17) is 0 Å². The Balaban J connectivity index is 2.68. The number of rotatable bonds is 8. The molecule has 1 atom stereocenters. The van der Waals surface area contributed by atoms with Crippen molar-refractivity contribution in [1.29, 1.82) is 0 Å². The Kier molecular flexibility index (Phi) is 6.84. The molecule has 0 radical (unpaired) electrons. The van der Waals surface area contributed by atoms with Crippen molar-refractivity contribution < 1.29 is 17.9 Å². The first-order valence-electron chi connectivity index (χ1n) is 6.97. The van der Waals surface area contributed by atoms with Gasteiger partial charge in [0.1, 0.15) is 0 Å². The Morgan fingerprint density at radius 3 is 2.38 bits per heavy atom. The molecule has 1 N–H and O–H groups in total. The number of benzene rings is 1. The van der Waals surface area contributed by atoms with Gasteiger partial charge in [-0.1, -0.05) is 44.2 Å². The van der Waals surface area contributed by atoms with Crippen molar-refractivity contribution in [3.8, 4) is 0 Å². The average molecular weight is 313 g/mol. The van der Waals surface area contributed by atoms with Gasteiger partial charge in [-0.25, -0.2) is 13.1 Å². The summed E-state index contributed by atoms with van der Waals surface area (Å²) in [7, 11) is -2.14. The minimum Gasteiger partial charge on any atom is -0.469 e. The number of carbonyl (C=O) groups excluding carboxylic acids is 1. The van der Waals surface area contributed by atoms with Crippen LogP contribution >= 0.6 is 0 Å². The highest BCUT2D eigenvalue weighted by atomic mass is 32.2. The maximum Gasteiger partial charge on any atom is 0.305 e. The van der Waals surface area contributed by atoms with E-state index >= 15 is 0 Å². The van der Waals surface area contributed by atoms with E-state index in [9.17, 15) is 13.2 Å². The van der Waals surface area contributed by atoms with Crippen molar-refractivity contribution in [2.45, 2.75) is 32.7 Å². The Hall–Kier alpha value is -1.40. The Bertz CT molecular complexity index is 540. The number of hydrogen-bond donors (Lipinski definition) is 1. The van der Waals surface area contributed by atoms with E-state index < -0.39 is 16.0 Å². The van der Waals surface area contributed by atoms with E-state index in [-0.39, 0.29) is 30.6 Å². The monoisotopic (exact) mass is 313 g/mol. The second-order valence-electron chi connectivity index (χ2n) is 5.25. The molecule has 5 nitrogen and oxygen atoms in total. The Morgan fingerprint density at radius 1 is 1.24 bits per heavy atom. The average Bonchev–Trinajstić information content (AvgIpc) is 2.45. The van der Waals surface area contributed by atoms with E-state index in [0.29, 0.717) is 0 Å². The van der Waals surface area contributed by atoms with Gasteiger partial charge in [-0.05, 0) is 17.9 Å². The van der Waals surface area contributed by atoms with Gasteiger partial charge in [0.25, 0.3) is 0 Å². The van der Waals surface area contributed by atoms with Crippen LogP contribution in [0.5, 0.6) is 0 Å². The van der Waals surface area contributed by atoms with E-state index in [2.05, 4.69) is 9.46 Å². The largest absolute Gasteiger partial charge is 0.469 e. The summed E-state index contributed by atoms with van der Waals surface area (Å²) in [6.07, 6.45) is 0.358. The maximum atomic E-state index is 12.1. The van der Waals surface area contributed by atoms with Gasteiger partial charge in [0.2, 0.25) is 10.0 Å². The van der Waals surface area contributed by atoms with Crippen LogP contribution in [-0.2, 0) is 19.6 Å². The molecule has 0 spiro atoms. The summed E-state index contributed by atoms with van der Waals surface area (Å²) in [5.41, 5.74) is 0.934. The molecule has 118 valence electrons. The van der Waals surface area contributed by atoms with Crippen molar-refractivity contribution in [3.05, 3.63) is 35.9 Å². The van der Waals surface area contributed by atoms with Gasteiger partial charge in [0, 0.05) is 12.5 Å². The number of hydrogen-bond acceptors (Lipinski definition) is 4. The smallest absolute Gasteiger partial charge is 0.305 e. The van der Waals surface area contributed by atoms with Crippen molar-refractivity contribution in [2.24, 2.45) is 5.92 Å². The second-order valence-corrected chi connectivity index (χ2v) is 7.12. The summed E-state index contributed by atoms with van der Waals surface area (Å²) >= 11 is 0. The van der Waals surface area contributed by atoms with Crippen LogP contribution in [0.1, 0.15) is 38.3 Å². The third-order valence-electron chi connectivity index (χ3n) is 3.15. The summed E-state index contributed by atoms with van der Waals surface area (Å²) < 4.78 is 31.5. The van der Waals surface area contributed by atoms with E-state index in [0.717, 1.165) is 5.56 Å². The van der Waals surface area contributed by atoms with E-state index in [1.807, 2.05) is 44.2 Å². The number of ether oxygens (including phenoxy) is 1. The van der Waals surface area contributed by atoms with Crippen LogP contribution in [0.15, 0.2) is 30.3 Å². The quantitative estimate of drug-likeness (QED) is 0.747. The molecule has 1 rings (SSSR count). The first-order valence-corrected chi connectivity index (χ1v) is 8.62. The highest BCUT2D eigenvalue weighted by Gasteiger charge is 2.22. The van der Waals surface area contributed by atoms with Gasteiger partial charge in [0.05, 0.1) is 12.9 Å². The lowest BCUT2D eigenvalue weighted by molar-refractivity contribution is -0.140. The lowest BCUT2D eigenvalue weighted by Gasteiger charge is -2.22. The lowest BCUT2D eigenvalue weighted by Crippen LogP contribution is -2.33. The standard InChI is InChI=1S/C15H23NO4S/c1-12(2)15(13-8-5-4-6-9-13)16-21(18,19)11-7-10-14(17)20-3/h4-6,8-9,12,15-16H,7,10-11H2,1-3H3. The molecule has 0 aliphatic rings. The fraction of sp³-hybridized carbons (Fsp3) is 0.533. The van der Waals surface area contributed by atoms with Crippen molar-refractivity contribution in [1.82, 2.24) is 4.72 Å². The van der Waals surface area contributed by atoms with Crippen molar-refractivity contribution >= 4 is 16.0 Å². The summed E-state index contributed by atoms with van der Waals surface area (Å²) in [6.45, 7) is 3.93. The summed E-state index contributed by atoms with van der Waals surface area (Å²) in [6, 6.07) is 9.20. The van der Waals surface area contributed by atoms with Crippen LogP contribution in [0, 0.1) is 5.92 Å². The molecule has 0 aliphatic heterocycles. The topological polar surface area (TPSA) is 72.5 Å². The highest BCUT2D eigenvalue weighted by molar-refractivity contribution is 7.89. The molecule has 0 aliphatic carbocycles. The molecule has 0 amide bonds. The second kappa shape index (κ2) is 8.14. The molecule has 0 fully saturated rings. The molecule has 1 aromatic carbocycles. The van der Waals surface area contributed by atoms with Gasteiger partial charge in [0.15, 0.2) is 0 Å². The van der Waals surface area contributed by atoms with Crippen LogP contribution in [0.25, 0.3) is 0 Å². The van der Waals surface area contributed by atoms with Crippen LogP contribution in [0.3, 0.4) is 0 Å². The number of methoxy groups -OCH3 is 1. The third kappa shape index (κ3) is 6.27. The van der Waals surface area contributed by atoms with Gasteiger partial charge >= 0.3 is 5.97 Å². The normalized spacial score (nSPS) is 13.1.